The molecule has 1 amide bonds. The lowest BCUT2D eigenvalue weighted by molar-refractivity contribution is -0.122. The molecule has 1 N–H and O–H groups in total. The number of amides is 1. The number of halogens is 2. The second-order valence-corrected chi connectivity index (χ2v) is 9.07. The van der Waals surface area contributed by atoms with Crippen molar-refractivity contribution in [2.75, 3.05) is 18.0 Å². The number of aryl methyl sites for hydroxylation is 1. The number of nitrogens with one attached hydrogen (secondary N) is 1. The summed E-state index contributed by atoms with van der Waals surface area (Å²) in [5.41, 5.74) is 3.20. The Hall–Kier alpha value is -1.40. The molecule has 3 rings (SSSR count). The number of ether oxygens (including phenoxy) is 2. The third-order valence-corrected chi connectivity index (χ3v) is 6.70. The second kappa shape index (κ2) is 8.95. The van der Waals surface area contributed by atoms with Gasteiger partial charge in [-0.25, -0.2) is 0 Å². The van der Waals surface area contributed by atoms with E-state index in [0.29, 0.717) is 17.4 Å². The fraction of sp³-hybridized carbons (Fsp3) is 0.381. The van der Waals surface area contributed by atoms with Crippen LogP contribution in [0.15, 0.2) is 35.2 Å². The van der Waals surface area contributed by atoms with Crippen molar-refractivity contribution >= 4 is 46.6 Å². The van der Waals surface area contributed by atoms with Crippen molar-refractivity contribution in [3.05, 3.63) is 52.0 Å². The predicted octanol–water partition coefficient (Wildman–Crippen LogP) is 6.01. The standard InChI is InChI=1S/C21H23Cl2NO3S/c1-13-5-4-6-17(24-20(25)21(2,3)11-22)19(13)28-10-15-8-16(23)7-14-9-26-12-27-18(14)15/h4-8H,9-12H2,1-3H3,(H,24,25). The highest BCUT2D eigenvalue weighted by molar-refractivity contribution is 7.98. The molecular formula is C21H23Cl2NO3S. The molecule has 4 nitrogen and oxygen atoms in total. The van der Waals surface area contributed by atoms with Crippen LogP contribution in [0.3, 0.4) is 0 Å². The highest BCUT2D eigenvalue weighted by Crippen LogP contribution is 2.39. The van der Waals surface area contributed by atoms with Crippen LogP contribution in [0.2, 0.25) is 5.02 Å². The van der Waals surface area contributed by atoms with Gasteiger partial charge in [-0.05, 0) is 44.5 Å². The van der Waals surface area contributed by atoms with Crippen LogP contribution in [0.4, 0.5) is 5.69 Å². The molecule has 0 saturated heterocycles. The summed E-state index contributed by atoms with van der Waals surface area (Å²) in [6.45, 7) is 6.42. The van der Waals surface area contributed by atoms with E-state index < -0.39 is 5.41 Å². The van der Waals surface area contributed by atoms with E-state index >= 15 is 0 Å². The molecule has 1 aliphatic rings. The van der Waals surface area contributed by atoms with Crippen molar-refractivity contribution in [2.24, 2.45) is 5.41 Å². The Morgan fingerprint density at radius 3 is 2.86 bits per heavy atom. The molecule has 0 atom stereocenters. The summed E-state index contributed by atoms with van der Waals surface area (Å²) in [6.07, 6.45) is 0. The largest absolute Gasteiger partial charge is 0.467 e. The predicted molar refractivity (Wildman–Crippen MR) is 116 cm³/mol. The number of carbonyl (C=O) groups excluding carboxylic acids is 1. The van der Waals surface area contributed by atoms with Gasteiger partial charge in [0, 0.05) is 32.7 Å². The summed E-state index contributed by atoms with van der Waals surface area (Å²) >= 11 is 13.9. The van der Waals surface area contributed by atoms with Crippen LogP contribution in [0, 0.1) is 12.3 Å². The molecule has 150 valence electrons. The van der Waals surface area contributed by atoms with Gasteiger partial charge in [-0.3, -0.25) is 4.79 Å². The molecule has 0 saturated carbocycles. The molecule has 0 aromatic heterocycles. The number of thioether (sulfide) groups is 1. The van der Waals surface area contributed by atoms with Gasteiger partial charge >= 0.3 is 0 Å². The highest BCUT2D eigenvalue weighted by Gasteiger charge is 2.27. The van der Waals surface area contributed by atoms with Crippen molar-refractivity contribution < 1.29 is 14.3 Å². The fourth-order valence-corrected chi connectivity index (χ4v) is 4.28. The summed E-state index contributed by atoms with van der Waals surface area (Å²) in [5.74, 6) is 1.65. The van der Waals surface area contributed by atoms with E-state index in [1.165, 1.54) is 0 Å². The first-order valence-electron chi connectivity index (χ1n) is 8.93. The molecule has 2 aromatic carbocycles. The minimum Gasteiger partial charge on any atom is -0.467 e. The zero-order valence-corrected chi connectivity index (χ0v) is 18.4. The van der Waals surface area contributed by atoms with Crippen molar-refractivity contribution in [3.8, 4) is 5.75 Å². The molecule has 28 heavy (non-hydrogen) atoms. The lowest BCUT2D eigenvalue weighted by Gasteiger charge is -2.23. The van der Waals surface area contributed by atoms with Crippen LogP contribution in [0.5, 0.6) is 5.75 Å². The highest BCUT2D eigenvalue weighted by atomic mass is 35.5. The van der Waals surface area contributed by atoms with Gasteiger partial charge < -0.3 is 14.8 Å². The van der Waals surface area contributed by atoms with Crippen molar-refractivity contribution in [3.63, 3.8) is 0 Å². The summed E-state index contributed by atoms with van der Waals surface area (Å²) in [7, 11) is 0. The van der Waals surface area contributed by atoms with Gasteiger partial charge in [-0.1, -0.05) is 23.7 Å². The minimum atomic E-state index is -0.646. The molecule has 7 heteroatoms. The number of hydrogen-bond donors (Lipinski definition) is 1. The molecule has 0 radical (unpaired) electrons. The quantitative estimate of drug-likeness (QED) is 0.442. The average molecular weight is 440 g/mol. The first-order valence-corrected chi connectivity index (χ1v) is 10.8. The number of fused-ring (bicyclic) bond motifs is 1. The molecule has 1 aliphatic heterocycles. The topological polar surface area (TPSA) is 47.6 Å². The van der Waals surface area contributed by atoms with E-state index in [-0.39, 0.29) is 18.6 Å². The third kappa shape index (κ3) is 4.77. The molecule has 0 fully saturated rings. The zero-order valence-electron chi connectivity index (χ0n) is 16.1. The molecule has 0 bridgehead atoms. The van der Waals surface area contributed by atoms with Crippen LogP contribution in [0.1, 0.15) is 30.5 Å². The minimum absolute atomic E-state index is 0.101. The van der Waals surface area contributed by atoms with E-state index in [9.17, 15) is 4.79 Å². The van der Waals surface area contributed by atoms with Gasteiger partial charge in [0.15, 0.2) is 6.79 Å². The number of alkyl halides is 1. The van der Waals surface area contributed by atoms with Crippen molar-refractivity contribution in [1.29, 1.82) is 0 Å². The van der Waals surface area contributed by atoms with Crippen LogP contribution < -0.4 is 10.1 Å². The Morgan fingerprint density at radius 1 is 1.32 bits per heavy atom. The first-order chi connectivity index (χ1) is 13.3. The van der Waals surface area contributed by atoms with E-state index in [0.717, 1.165) is 33.0 Å². The lowest BCUT2D eigenvalue weighted by Crippen LogP contribution is -2.32. The van der Waals surface area contributed by atoms with Gasteiger partial charge in [0.25, 0.3) is 0 Å². The zero-order chi connectivity index (χ0) is 20.3. The van der Waals surface area contributed by atoms with Crippen LogP contribution >= 0.6 is 35.0 Å². The number of hydrogen-bond acceptors (Lipinski definition) is 4. The van der Waals surface area contributed by atoms with E-state index in [4.69, 9.17) is 32.7 Å². The van der Waals surface area contributed by atoms with Crippen molar-refractivity contribution in [1.82, 2.24) is 0 Å². The first kappa shape index (κ1) is 21.3. The fourth-order valence-electron chi connectivity index (χ4n) is 2.81. The maximum Gasteiger partial charge on any atom is 0.231 e. The number of carbonyl (C=O) groups is 1. The van der Waals surface area contributed by atoms with Gasteiger partial charge in [-0.15, -0.1) is 23.4 Å². The Kier molecular flexibility index (Phi) is 6.81. The third-order valence-electron chi connectivity index (χ3n) is 4.53. The maximum atomic E-state index is 12.6. The van der Waals surface area contributed by atoms with E-state index in [1.807, 2.05) is 51.1 Å². The Morgan fingerprint density at radius 2 is 2.11 bits per heavy atom. The SMILES string of the molecule is Cc1cccc(NC(=O)C(C)(C)CCl)c1SCc1cc(Cl)cc2c1OCOC2. The van der Waals surface area contributed by atoms with Crippen molar-refractivity contribution in [2.45, 2.75) is 38.0 Å². The van der Waals surface area contributed by atoms with Gasteiger partial charge in [0.1, 0.15) is 5.75 Å². The molecule has 0 spiro atoms. The van der Waals surface area contributed by atoms with Crippen LogP contribution in [-0.4, -0.2) is 18.6 Å². The number of anilines is 1. The second-order valence-electron chi connectivity index (χ2n) is 7.38. The monoisotopic (exact) mass is 439 g/mol. The molecular weight excluding hydrogens is 417 g/mol. The molecule has 2 aromatic rings. The van der Waals surface area contributed by atoms with E-state index in [1.54, 1.807) is 11.8 Å². The Balaban J connectivity index is 1.84. The van der Waals surface area contributed by atoms with Gasteiger partial charge in [-0.2, -0.15) is 0 Å². The van der Waals surface area contributed by atoms with Gasteiger partial charge in [0.2, 0.25) is 5.91 Å². The molecule has 1 heterocycles. The average Bonchev–Trinajstić information content (AvgIpc) is 2.67. The van der Waals surface area contributed by atoms with Crippen LogP contribution in [0.25, 0.3) is 0 Å². The number of rotatable bonds is 6. The maximum absolute atomic E-state index is 12.6. The Labute approximate surface area is 179 Å². The Bertz CT molecular complexity index is 886. The normalized spacial score (nSPS) is 13.6. The lowest BCUT2D eigenvalue weighted by atomic mass is 9.95. The summed E-state index contributed by atoms with van der Waals surface area (Å²) in [6, 6.07) is 9.67. The van der Waals surface area contributed by atoms with Gasteiger partial charge in [0.05, 0.1) is 17.7 Å². The smallest absolute Gasteiger partial charge is 0.231 e. The summed E-state index contributed by atoms with van der Waals surface area (Å²) in [4.78, 5) is 13.6. The molecule has 0 aliphatic carbocycles. The summed E-state index contributed by atoms with van der Waals surface area (Å²) in [5, 5.41) is 3.69. The van der Waals surface area contributed by atoms with E-state index in [2.05, 4.69) is 5.32 Å². The van der Waals surface area contributed by atoms with Crippen LogP contribution in [-0.2, 0) is 21.9 Å². The number of benzene rings is 2. The molecule has 0 unspecified atom stereocenters. The summed E-state index contributed by atoms with van der Waals surface area (Å²) < 4.78 is 11.1.